The third-order valence-electron chi connectivity index (χ3n) is 3.43. The Kier molecular flexibility index (Phi) is 5.95. The van der Waals surface area contributed by atoms with E-state index < -0.39 is 6.04 Å². The van der Waals surface area contributed by atoms with Crippen LogP contribution in [0.1, 0.15) is 36.6 Å². The number of carbonyl (C=O) groups is 1. The van der Waals surface area contributed by atoms with Gasteiger partial charge in [-0.3, -0.25) is 9.78 Å². The molecule has 20 heavy (non-hydrogen) atoms. The topological polar surface area (TPSA) is 68.5 Å². The van der Waals surface area contributed by atoms with E-state index in [0.717, 1.165) is 29.0 Å². The van der Waals surface area contributed by atoms with Crippen LogP contribution < -0.4 is 10.5 Å². The number of rotatable bonds is 6. The molecule has 0 spiro atoms. The molecule has 2 N–H and O–H groups in total. The minimum Gasteiger partial charge on any atom is -0.496 e. The first kappa shape index (κ1) is 16.4. The molecular formula is C15H25N3O2. The van der Waals surface area contributed by atoms with Crippen LogP contribution in [0.5, 0.6) is 5.75 Å². The molecule has 0 aliphatic heterocycles. The predicted molar refractivity (Wildman–Crippen MR) is 79.6 cm³/mol. The SMILES string of the molecule is CCCC(N)C(=O)N(C)Cc1ncc(C)c(OC)c1C. The highest BCUT2D eigenvalue weighted by molar-refractivity contribution is 5.81. The third kappa shape index (κ3) is 3.70. The van der Waals surface area contributed by atoms with Crippen LogP contribution in [-0.2, 0) is 11.3 Å². The summed E-state index contributed by atoms with van der Waals surface area (Å²) >= 11 is 0. The standard InChI is InChI=1S/C15H25N3O2/c1-6-7-12(16)15(19)18(4)9-13-11(3)14(20-5)10(2)8-17-13/h8,12H,6-7,9,16H2,1-5H3. The van der Waals surface area contributed by atoms with Crippen molar-refractivity contribution in [2.24, 2.45) is 5.73 Å². The second-order valence-electron chi connectivity index (χ2n) is 5.14. The molecule has 1 aromatic rings. The Bertz CT molecular complexity index is 474. The van der Waals surface area contributed by atoms with Gasteiger partial charge < -0.3 is 15.4 Å². The summed E-state index contributed by atoms with van der Waals surface area (Å²) in [4.78, 5) is 18.1. The van der Waals surface area contributed by atoms with Crippen molar-refractivity contribution in [2.45, 2.75) is 46.2 Å². The number of carbonyl (C=O) groups excluding carboxylic acids is 1. The highest BCUT2D eigenvalue weighted by Crippen LogP contribution is 2.24. The van der Waals surface area contributed by atoms with Crippen molar-refractivity contribution in [1.29, 1.82) is 0 Å². The van der Waals surface area contributed by atoms with Crippen molar-refractivity contribution in [3.8, 4) is 5.75 Å². The number of aromatic nitrogens is 1. The number of hydrogen-bond donors (Lipinski definition) is 1. The number of nitrogens with two attached hydrogens (primary N) is 1. The number of pyridine rings is 1. The van der Waals surface area contributed by atoms with Gasteiger partial charge in [0.15, 0.2) is 0 Å². The Morgan fingerprint density at radius 1 is 1.50 bits per heavy atom. The van der Waals surface area contributed by atoms with Gasteiger partial charge >= 0.3 is 0 Å². The van der Waals surface area contributed by atoms with E-state index in [9.17, 15) is 4.79 Å². The maximum Gasteiger partial charge on any atom is 0.239 e. The van der Waals surface area contributed by atoms with Crippen LogP contribution in [0.2, 0.25) is 0 Å². The summed E-state index contributed by atoms with van der Waals surface area (Å²) < 4.78 is 5.38. The first-order chi connectivity index (χ1) is 9.42. The molecule has 0 bridgehead atoms. The summed E-state index contributed by atoms with van der Waals surface area (Å²) in [6.07, 6.45) is 3.37. The highest BCUT2D eigenvalue weighted by atomic mass is 16.5. The van der Waals surface area contributed by atoms with Crippen molar-refractivity contribution in [3.05, 3.63) is 23.0 Å². The minimum atomic E-state index is -0.433. The zero-order valence-electron chi connectivity index (χ0n) is 13.1. The van der Waals surface area contributed by atoms with Gasteiger partial charge in [0, 0.05) is 24.4 Å². The molecule has 1 heterocycles. The zero-order valence-corrected chi connectivity index (χ0v) is 13.1. The number of methoxy groups -OCH3 is 1. The monoisotopic (exact) mass is 279 g/mol. The molecule has 1 rings (SSSR count). The van der Waals surface area contributed by atoms with Crippen molar-refractivity contribution < 1.29 is 9.53 Å². The van der Waals surface area contributed by atoms with E-state index in [4.69, 9.17) is 10.5 Å². The van der Waals surface area contributed by atoms with E-state index in [0.29, 0.717) is 13.0 Å². The van der Waals surface area contributed by atoms with Crippen LogP contribution in [-0.4, -0.2) is 36.0 Å². The number of amides is 1. The maximum atomic E-state index is 12.1. The summed E-state index contributed by atoms with van der Waals surface area (Å²) in [5.41, 5.74) is 8.66. The Morgan fingerprint density at radius 2 is 2.15 bits per heavy atom. The summed E-state index contributed by atoms with van der Waals surface area (Å²) in [5.74, 6) is 0.779. The molecule has 0 saturated heterocycles. The fourth-order valence-corrected chi connectivity index (χ4v) is 2.25. The lowest BCUT2D eigenvalue weighted by Crippen LogP contribution is -2.41. The zero-order chi connectivity index (χ0) is 15.3. The quantitative estimate of drug-likeness (QED) is 0.862. The molecular weight excluding hydrogens is 254 g/mol. The molecule has 112 valence electrons. The Hall–Kier alpha value is -1.62. The number of ether oxygens (including phenoxy) is 1. The first-order valence-corrected chi connectivity index (χ1v) is 6.91. The third-order valence-corrected chi connectivity index (χ3v) is 3.43. The second-order valence-corrected chi connectivity index (χ2v) is 5.14. The molecule has 0 aromatic carbocycles. The molecule has 1 aromatic heterocycles. The molecule has 1 amide bonds. The van der Waals surface area contributed by atoms with Gasteiger partial charge in [0.05, 0.1) is 25.4 Å². The van der Waals surface area contributed by atoms with Crippen molar-refractivity contribution >= 4 is 5.91 Å². The molecule has 0 fully saturated rings. The largest absolute Gasteiger partial charge is 0.496 e. The van der Waals surface area contributed by atoms with Gasteiger partial charge in [-0.15, -0.1) is 0 Å². The molecule has 0 aliphatic carbocycles. The lowest BCUT2D eigenvalue weighted by molar-refractivity contribution is -0.132. The smallest absolute Gasteiger partial charge is 0.239 e. The van der Waals surface area contributed by atoms with Crippen LogP contribution in [0.25, 0.3) is 0 Å². The van der Waals surface area contributed by atoms with Gasteiger partial charge in [0.1, 0.15) is 5.75 Å². The van der Waals surface area contributed by atoms with E-state index in [-0.39, 0.29) is 5.91 Å². The van der Waals surface area contributed by atoms with Gasteiger partial charge in [0.25, 0.3) is 0 Å². The molecule has 0 saturated carbocycles. The summed E-state index contributed by atoms with van der Waals surface area (Å²) in [6.45, 7) is 6.37. The molecule has 1 unspecified atom stereocenters. The van der Waals surface area contributed by atoms with E-state index in [1.54, 1.807) is 25.3 Å². The lowest BCUT2D eigenvalue weighted by atomic mass is 10.1. The van der Waals surface area contributed by atoms with Crippen molar-refractivity contribution in [3.63, 3.8) is 0 Å². The van der Waals surface area contributed by atoms with Gasteiger partial charge in [0.2, 0.25) is 5.91 Å². The normalized spacial score (nSPS) is 12.1. The van der Waals surface area contributed by atoms with E-state index in [2.05, 4.69) is 4.98 Å². The molecule has 0 aliphatic rings. The van der Waals surface area contributed by atoms with Gasteiger partial charge in [-0.2, -0.15) is 0 Å². The van der Waals surface area contributed by atoms with Crippen molar-refractivity contribution in [2.75, 3.05) is 14.2 Å². The van der Waals surface area contributed by atoms with Crippen LogP contribution in [0.15, 0.2) is 6.20 Å². The predicted octanol–water partition coefficient (Wildman–Crippen LogP) is 1.79. The fourth-order valence-electron chi connectivity index (χ4n) is 2.25. The van der Waals surface area contributed by atoms with Crippen LogP contribution in [0, 0.1) is 13.8 Å². The highest BCUT2D eigenvalue weighted by Gasteiger charge is 2.19. The molecule has 5 nitrogen and oxygen atoms in total. The molecule has 1 atom stereocenters. The Labute approximate surface area is 121 Å². The van der Waals surface area contributed by atoms with Crippen LogP contribution >= 0.6 is 0 Å². The summed E-state index contributed by atoms with van der Waals surface area (Å²) in [6, 6.07) is -0.433. The number of hydrogen-bond acceptors (Lipinski definition) is 4. The van der Waals surface area contributed by atoms with E-state index in [1.165, 1.54) is 0 Å². The number of likely N-dealkylation sites (N-methyl/N-ethyl adjacent to an activating group) is 1. The van der Waals surface area contributed by atoms with Crippen LogP contribution in [0.3, 0.4) is 0 Å². The lowest BCUT2D eigenvalue weighted by Gasteiger charge is -2.22. The van der Waals surface area contributed by atoms with Gasteiger partial charge in [-0.25, -0.2) is 0 Å². The maximum absolute atomic E-state index is 12.1. The minimum absolute atomic E-state index is 0.0485. The second kappa shape index (κ2) is 7.24. The number of nitrogens with zero attached hydrogens (tertiary/aromatic N) is 2. The average molecular weight is 279 g/mol. The van der Waals surface area contributed by atoms with Gasteiger partial charge in [-0.1, -0.05) is 13.3 Å². The Morgan fingerprint density at radius 3 is 2.70 bits per heavy atom. The number of aryl methyl sites for hydroxylation is 1. The Balaban J connectivity index is 2.86. The summed E-state index contributed by atoms with van der Waals surface area (Å²) in [5, 5.41) is 0. The molecule has 0 radical (unpaired) electrons. The summed E-state index contributed by atoms with van der Waals surface area (Å²) in [7, 11) is 3.40. The van der Waals surface area contributed by atoms with E-state index in [1.807, 2.05) is 20.8 Å². The van der Waals surface area contributed by atoms with Gasteiger partial charge in [-0.05, 0) is 20.3 Å². The van der Waals surface area contributed by atoms with Crippen molar-refractivity contribution in [1.82, 2.24) is 9.88 Å². The van der Waals surface area contributed by atoms with Crippen LogP contribution in [0.4, 0.5) is 0 Å². The fraction of sp³-hybridized carbons (Fsp3) is 0.600. The first-order valence-electron chi connectivity index (χ1n) is 6.91. The average Bonchev–Trinajstić information content (AvgIpc) is 2.42. The molecule has 5 heteroatoms. The van der Waals surface area contributed by atoms with E-state index >= 15 is 0 Å².